The first kappa shape index (κ1) is 4.78. The first-order chi connectivity index (χ1) is 2.27. The van der Waals surface area contributed by atoms with Gasteiger partial charge in [-0.25, -0.2) is 0 Å². The molecule has 1 radical (unpaired) electrons. The van der Waals surface area contributed by atoms with Crippen LogP contribution in [-0.4, -0.2) is 8.80 Å². The Hall–Kier alpha value is -0.223. The fourth-order valence-corrected chi connectivity index (χ4v) is 0. The zero-order valence-corrected chi connectivity index (χ0v) is 4.73. The van der Waals surface area contributed by atoms with Crippen molar-refractivity contribution in [1.29, 1.82) is 0 Å². The van der Waals surface area contributed by atoms with Crippen LogP contribution in [0.2, 0.25) is 13.1 Å². The van der Waals surface area contributed by atoms with Crippen LogP contribution in [0.25, 0.3) is 0 Å². The number of hydrogen-bond acceptors (Lipinski definition) is 0. The molecule has 1 heteroatoms. The lowest BCUT2D eigenvalue weighted by Crippen LogP contribution is -1.90. The largest absolute Gasteiger partial charge is 0.122 e. The van der Waals surface area contributed by atoms with E-state index < -0.39 is 8.80 Å². The first-order valence-electron chi connectivity index (χ1n) is 1.69. The summed E-state index contributed by atoms with van der Waals surface area (Å²) in [6.45, 7) is 4.12. The molecule has 0 N–H and O–H groups in total. The molecule has 0 fully saturated rings. The molecule has 0 rings (SSSR count). The minimum atomic E-state index is -0.733. The minimum Gasteiger partial charge on any atom is -0.122 e. The van der Waals surface area contributed by atoms with Gasteiger partial charge in [-0.3, -0.25) is 0 Å². The van der Waals surface area contributed by atoms with E-state index in [1.54, 1.807) is 0 Å². The maximum absolute atomic E-state index is 6.47. The standard InChI is InChI=1S/C4H7Si/c1-4-5(2)3/h5H,2-3H3. The summed E-state index contributed by atoms with van der Waals surface area (Å²) in [5.74, 6) is 0. The fourth-order valence-electron chi connectivity index (χ4n) is 0. The van der Waals surface area contributed by atoms with Gasteiger partial charge in [0.05, 0.1) is 0 Å². The van der Waals surface area contributed by atoms with Crippen molar-refractivity contribution in [3.8, 4) is 5.54 Å². The molecule has 0 nitrogen and oxygen atoms in total. The summed E-state index contributed by atoms with van der Waals surface area (Å²) in [4.78, 5) is 0. The van der Waals surface area contributed by atoms with Crippen LogP contribution in [0.4, 0.5) is 0 Å². The Balaban J connectivity index is 2.94. The van der Waals surface area contributed by atoms with Gasteiger partial charge in [-0.15, -0.1) is 5.54 Å². The SMILES string of the molecule is [C]#C[SiH](C)C. The van der Waals surface area contributed by atoms with E-state index in [1.165, 1.54) is 0 Å². The summed E-state index contributed by atoms with van der Waals surface area (Å²) in [5.41, 5.74) is 2.42. The van der Waals surface area contributed by atoms with Gasteiger partial charge in [-0.2, -0.15) is 0 Å². The molecule has 0 amide bonds. The van der Waals surface area contributed by atoms with E-state index in [9.17, 15) is 0 Å². The Bertz CT molecular complexity index is 49.2. The Labute approximate surface area is 34.8 Å². The summed E-state index contributed by atoms with van der Waals surface area (Å²) in [7, 11) is -0.733. The summed E-state index contributed by atoms with van der Waals surface area (Å²) in [6.07, 6.45) is 6.47. The zero-order chi connectivity index (χ0) is 4.28. The highest BCUT2D eigenvalue weighted by Crippen LogP contribution is 1.68. The predicted octanol–water partition coefficient (Wildman–Crippen LogP) is 0.602. The highest BCUT2D eigenvalue weighted by Gasteiger charge is 1.78. The molecule has 0 spiro atoms. The second-order valence-electron chi connectivity index (χ2n) is 1.30. The third kappa shape index (κ3) is 3.78. The monoisotopic (exact) mass is 83.0 g/mol. The molecule has 0 heterocycles. The van der Waals surface area contributed by atoms with Gasteiger partial charge in [0, 0.05) is 0 Å². The van der Waals surface area contributed by atoms with Crippen molar-refractivity contribution in [3.05, 3.63) is 6.42 Å². The molecule has 0 aromatic rings. The molecular formula is C4H7Si. The van der Waals surface area contributed by atoms with E-state index in [-0.39, 0.29) is 0 Å². The van der Waals surface area contributed by atoms with E-state index in [2.05, 4.69) is 18.6 Å². The molecule has 0 aliphatic rings. The molecule has 0 aliphatic heterocycles. The van der Waals surface area contributed by atoms with Crippen molar-refractivity contribution in [3.63, 3.8) is 0 Å². The second kappa shape index (κ2) is 2.04. The highest BCUT2D eigenvalue weighted by molar-refractivity contribution is 6.64. The topological polar surface area (TPSA) is 0 Å². The van der Waals surface area contributed by atoms with Gasteiger partial charge in [0.15, 0.2) is 0 Å². The lowest BCUT2D eigenvalue weighted by molar-refractivity contribution is 2.04. The third-order valence-electron chi connectivity index (χ3n) is 0.289. The molecule has 0 bridgehead atoms. The first-order valence-corrected chi connectivity index (χ1v) is 4.58. The lowest BCUT2D eigenvalue weighted by atomic mass is 11.4. The van der Waals surface area contributed by atoms with Crippen molar-refractivity contribution >= 4 is 8.80 Å². The average molecular weight is 83.2 g/mol. The van der Waals surface area contributed by atoms with Gasteiger partial charge in [-0.1, -0.05) is 13.1 Å². The van der Waals surface area contributed by atoms with Crippen molar-refractivity contribution in [2.45, 2.75) is 13.1 Å². The maximum atomic E-state index is 6.47. The Morgan fingerprint density at radius 1 is 1.60 bits per heavy atom. The quantitative estimate of drug-likeness (QED) is 0.297. The summed E-state index contributed by atoms with van der Waals surface area (Å²) < 4.78 is 0. The van der Waals surface area contributed by atoms with Crippen molar-refractivity contribution in [1.82, 2.24) is 0 Å². The van der Waals surface area contributed by atoms with Gasteiger partial charge in [0.25, 0.3) is 0 Å². The molecule has 0 aromatic heterocycles. The molecule has 0 saturated carbocycles. The maximum Gasteiger partial charge on any atom is 0.118 e. The molecule has 0 unspecified atom stereocenters. The van der Waals surface area contributed by atoms with Crippen LogP contribution in [0.15, 0.2) is 0 Å². The van der Waals surface area contributed by atoms with Crippen LogP contribution in [-0.2, 0) is 0 Å². The van der Waals surface area contributed by atoms with Gasteiger partial charge < -0.3 is 0 Å². The Kier molecular flexibility index (Phi) is 1.95. The molecule has 0 aliphatic carbocycles. The summed E-state index contributed by atoms with van der Waals surface area (Å²) >= 11 is 0. The molecule has 0 aromatic carbocycles. The van der Waals surface area contributed by atoms with E-state index >= 15 is 0 Å². The lowest BCUT2D eigenvalue weighted by Gasteiger charge is -1.76. The van der Waals surface area contributed by atoms with Crippen LogP contribution in [0.1, 0.15) is 0 Å². The van der Waals surface area contributed by atoms with Gasteiger partial charge in [0.1, 0.15) is 8.80 Å². The zero-order valence-electron chi connectivity index (χ0n) is 3.58. The third-order valence-corrected chi connectivity index (χ3v) is 0.866. The van der Waals surface area contributed by atoms with Crippen LogP contribution < -0.4 is 0 Å². The molecular weight excluding hydrogens is 76.1 g/mol. The summed E-state index contributed by atoms with van der Waals surface area (Å²) in [5, 5.41) is 0. The fraction of sp³-hybridized carbons (Fsp3) is 0.500. The predicted molar refractivity (Wildman–Crippen MR) is 26.0 cm³/mol. The van der Waals surface area contributed by atoms with Gasteiger partial charge in [0.2, 0.25) is 0 Å². The summed E-state index contributed by atoms with van der Waals surface area (Å²) in [6, 6.07) is 0. The van der Waals surface area contributed by atoms with Crippen LogP contribution in [0.5, 0.6) is 0 Å². The van der Waals surface area contributed by atoms with E-state index in [1.807, 2.05) is 0 Å². The van der Waals surface area contributed by atoms with E-state index in [0.717, 1.165) is 0 Å². The molecule has 5 heavy (non-hydrogen) atoms. The van der Waals surface area contributed by atoms with Crippen molar-refractivity contribution < 1.29 is 0 Å². The number of hydrogen-bond donors (Lipinski definition) is 0. The highest BCUT2D eigenvalue weighted by atomic mass is 28.3. The van der Waals surface area contributed by atoms with Crippen LogP contribution in [0.3, 0.4) is 0 Å². The van der Waals surface area contributed by atoms with Gasteiger partial charge >= 0.3 is 0 Å². The van der Waals surface area contributed by atoms with Gasteiger partial charge in [-0.05, 0) is 6.42 Å². The van der Waals surface area contributed by atoms with Crippen molar-refractivity contribution in [2.75, 3.05) is 0 Å². The number of rotatable bonds is 0. The van der Waals surface area contributed by atoms with E-state index in [4.69, 9.17) is 6.42 Å². The second-order valence-corrected chi connectivity index (χ2v) is 3.90. The van der Waals surface area contributed by atoms with Crippen LogP contribution in [0, 0.1) is 12.0 Å². The molecule has 0 saturated heterocycles. The van der Waals surface area contributed by atoms with Crippen LogP contribution >= 0.6 is 0 Å². The normalized spacial score (nSPS) is 7.60. The van der Waals surface area contributed by atoms with Crippen molar-refractivity contribution in [2.24, 2.45) is 0 Å². The smallest absolute Gasteiger partial charge is 0.118 e. The molecule has 27 valence electrons. The van der Waals surface area contributed by atoms with E-state index in [0.29, 0.717) is 0 Å². The average Bonchev–Trinajstić information content (AvgIpc) is 1.38. The molecule has 0 atom stereocenters. The Morgan fingerprint density at radius 3 is 1.80 bits per heavy atom. The Morgan fingerprint density at radius 2 is 1.80 bits per heavy atom. The minimum absolute atomic E-state index is 0.733.